The number of carbonyl (C=O) groups is 1. The Kier molecular flexibility index (Phi) is 4.32. The minimum Gasteiger partial charge on any atom is -0.341 e. The highest BCUT2D eigenvalue weighted by Crippen LogP contribution is 2.17. The molecule has 0 spiro atoms. The van der Waals surface area contributed by atoms with Crippen molar-refractivity contribution in [1.29, 1.82) is 0 Å². The van der Waals surface area contributed by atoms with E-state index in [9.17, 15) is 14.4 Å². The molecule has 1 fully saturated rings. The predicted molar refractivity (Wildman–Crippen MR) is 88.6 cm³/mol. The Morgan fingerprint density at radius 1 is 1.17 bits per heavy atom. The number of nitrogens with one attached hydrogen (secondary N) is 1. The molecule has 23 heavy (non-hydrogen) atoms. The molecule has 1 amide bonds. The molecule has 122 valence electrons. The summed E-state index contributed by atoms with van der Waals surface area (Å²) in [6, 6.07) is 6.13. The first-order valence-electron chi connectivity index (χ1n) is 8.16. The van der Waals surface area contributed by atoms with Gasteiger partial charge in [0.2, 0.25) is 5.91 Å². The Bertz CT molecular complexity index is 831. The highest BCUT2D eigenvalue weighted by atomic mass is 16.2. The van der Waals surface area contributed by atoms with Crippen LogP contribution in [-0.2, 0) is 4.79 Å². The summed E-state index contributed by atoms with van der Waals surface area (Å²) in [5.74, 6) is -0.130. The Morgan fingerprint density at radius 3 is 2.57 bits per heavy atom. The fourth-order valence-corrected chi connectivity index (χ4v) is 3.25. The summed E-state index contributed by atoms with van der Waals surface area (Å²) in [6.45, 7) is 3.23. The highest BCUT2D eigenvalue weighted by Gasteiger charge is 2.28. The Morgan fingerprint density at radius 2 is 1.87 bits per heavy atom. The number of para-hydroxylation sites is 1. The summed E-state index contributed by atoms with van der Waals surface area (Å²) >= 11 is 0. The van der Waals surface area contributed by atoms with Crippen LogP contribution in [0.25, 0.3) is 10.9 Å². The third-order valence-corrected chi connectivity index (χ3v) is 4.49. The minimum absolute atomic E-state index is 0.130. The molecule has 1 aromatic carbocycles. The number of piperidine rings is 1. The molecule has 1 aromatic heterocycles. The number of hydrogen-bond acceptors (Lipinski definition) is 3. The van der Waals surface area contributed by atoms with Gasteiger partial charge in [0.1, 0.15) is 6.04 Å². The van der Waals surface area contributed by atoms with Crippen molar-refractivity contribution in [1.82, 2.24) is 14.5 Å². The second kappa shape index (κ2) is 6.40. The molecule has 0 radical (unpaired) electrons. The molecule has 0 unspecified atom stereocenters. The lowest BCUT2D eigenvalue weighted by Crippen LogP contribution is -2.47. The van der Waals surface area contributed by atoms with Crippen LogP contribution in [0.4, 0.5) is 0 Å². The van der Waals surface area contributed by atoms with E-state index in [1.807, 2.05) is 6.92 Å². The van der Waals surface area contributed by atoms with Crippen LogP contribution >= 0.6 is 0 Å². The number of amides is 1. The van der Waals surface area contributed by atoms with Crippen LogP contribution in [0.2, 0.25) is 0 Å². The molecular weight excluding hydrogens is 294 g/mol. The summed E-state index contributed by atoms with van der Waals surface area (Å²) < 4.78 is 1.08. The zero-order chi connectivity index (χ0) is 16.4. The molecule has 1 saturated heterocycles. The van der Waals surface area contributed by atoms with Crippen molar-refractivity contribution in [3.05, 3.63) is 45.1 Å². The van der Waals surface area contributed by atoms with Gasteiger partial charge in [0, 0.05) is 13.1 Å². The van der Waals surface area contributed by atoms with Crippen LogP contribution in [0.1, 0.15) is 38.6 Å². The zero-order valence-corrected chi connectivity index (χ0v) is 13.2. The van der Waals surface area contributed by atoms with Gasteiger partial charge in [-0.25, -0.2) is 9.36 Å². The van der Waals surface area contributed by atoms with E-state index in [2.05, 4.69) is 4.98 Å². The van der Waals surface area contributed by atoms with E-state index in [4.69, 9.17) is 0 Å². The summed E-state index contributed by atoms with van der Waals surface area (Å²) in [5.41, 5.74) is -0.425. The number of carbonyl (C=O) groups excluding carboxylic acids is 1. The molecule has 1 aliphatic heterocycles. The fraction of sp³-hybridized carbons (Fsp3) is 0.471. The molecule has 6 nitrogen and oxygen atoms in total. The van der Waals surface area contributed by atoms with Crippen LogP contribution in [0.5, 0.6) is 0 Å². The van der Waals surface area contributed by atoms with Crippen molar-refractivity contribution in [2.75, 3.05) is 13.1 Å². The second-order valence-electron chi connectivity index (χ2n) is 5.96. The zero-order valence-electron chi connectivity index (χ0n) is 13.2. The van der Waals surface area contributed by atoms with Crippen molar-refractivity contribution in [3.8, 4) is 0 Å². The second-order valence-corrected chi connectivity index (χ2v) is 5.96. The van der Waals surface area contributed by atoms with Crippen molar-refractivity contribution < 1.29 is 4.79 Å². The van der Waals surface area contributed by atoms with Gasteiger partial charge in [-0.1, -0.05) is 19.1 Å². The monoisotopic (exact) mass is 315 g/mol. The van der Waals surface area contributed by atoms with Crippen LogP contribution < -0.4 is 11.2 Å². The number of nitrogens with zero attached hydrogens (tertiary/aromatic N) is 2. The third kappa shape index (κ3) is 2.81. The maximum Gasteiger partial charge on any atom is 0.329 e. The van der Waals surface area contributed by atoms with Gasteiger partial charge in [-0.15, -0.1) is 0 Å². The van der Waals surface area contributed by atoms with Gasteiger partial charge < -0.3 is 9.88 Å². The summed E-state index contributed by atoms with van der Waals surface area (Å²) in [5, 5.41) is 0.428. The van der Waals surface area contributed by atoms with E-state index in [1.165, 1.54) is 0 Å². The molecule has 2 aromatic rings. The lowest BCUT2D eigenvalue weighted by Gasteiger charge is -2.30. The number of aromatic amines is 1. The molecule has 0 saturated carbocycles. The quantitative estimate of drug-likeness (QED) is 0.936. The lowest BCUT2D eigenvalue weighted by molar-refractivity contribution is -0.136. The molecular formula is C17H21N3O3. The average Bonchev–Trinajstić information content (AvgIpc) is 2.59. The molecule has 0 aliphatic carbocycles. The number of aromatic nitrogens is 2. The van der Waals surface area contributed by atoms with E-state index < -0.39 is 17.3 Å². The van der Waals surface area contributed by atoms with E-state index in [1.54, 1.807) is 29.2 Å². The lowest BCUT2D eigenvalue weighted by atomic mass is 10.1. The largest absolute Gasteiger partial charge is 0.341 e. The van der Waals surface area contributed by atoms with Crippen molar-refractivity contribution in [2.24, 2.45) is 0 Å². The van der Waals surface area contributed by atoms with Crippen molar-refractivity contribution >= 4 is 16.8 Å². The highest BCUT2D eigenvalue weighted by molar-refractivity contribution is 5.82. The molecule has 1 aliphatic rings. The van der Waals surface area contributed by atoms with Crippen LogP contribution in [0, 0.1) is 0 Å². The molecule has 1 N–H and O–H groups in total. The third-order valence-electron chi connectivity index (χ3n) is 4.49. The van der Waals surface area contributed by atoms with Gasteiger partial charge in [-0.2, -0.15) is 0 Å². The number of rotatable bonds is 3. The van der Waals surface area contributed by atoms with E-state index >= 15 is 0 Å². The summed E-state index contributed by atoms with van der Waals surface area (Å²) in [4.78, 5) is 42.4. The van der Waals surface area contributed by atoms with Gasteiger partial charge in [0.25, 0.3) is 5.56 Å². The molecule has 2 heterocycles. The first-order valence-corrected chi connectivity index (χ1v) is 8.16. The molecule has 0 bridgehead atoms. The SMILES string of the molecule is CC[C@H](C(=O)N1CCCCC1)n1c(=O)[nH]c2ccccc2c1=O. The molecule has 6 heteroatoms. The van der Waals surface area contributed by atoms with E-state index in [0.717, 1.165) is 23.8 Å². The van der Waals surface area contributed by atoms with Gasteiger partial charge >= 0.3 is 5.69 Å². The van der Waals surface area contributed by atoms with E-state index in [0.29, 0.717) is 30.4 Å². The Hall–Kier alpha value is -2.37. The normalized spacial score (nSPS) is 16.5. The van der Waals surface area contributed by atoms with Crippen molar-refractivity contribution in [2.45, 2.75) is 38.6 Å². The van der Waals surface area contributed by atoms with Gasteiger partial charge in [-0.3, -0.25) is 9.59 Å². The number of H-pyrrole nitrogens is 1. The van der Waals surface area contributed by atoms with Gasteiger partial charge in [0.05, 0.1) is 10.9 Å². The van der Waals surface area contributed by atoms with Crippen LogP contribution in [-0.4, -0.2) is 33.4 Å². The summed E-state index contributed by atoms with van der Waals surface area (Å²) in [6.07, 6.45) is 3.49. The van der Waals surface area contributed by atoms with Crippen LogP contribution in [0.15, 0.2) is 33.9 Å². The number of hydrogen-bond donors (Lipinski definition) is 1. The van der Waals surface area contributed by atoms with Crippen LogP contribution in [0.3, 0.4) is 0 Å². The van der Waals surface area contributed by atoms with E-state index in [-0.39, 0.29) is 5.91 Å². The molecule has 3 rings (SSSR count). The first kappa shape index (κ1) is 15.5. The van der Waals surface area contributed by atoms with Gasteiger partial charge in [0.15, 0.2) is 0 Å². The van der Waals surface area contributed by atoms with Crippen molar-refractivity contribution in [3.63, 3.8) is 0 Å². The predicted octanol–water partition coefficient (Wildman–Crippen LogP) is 1.65. The smallest absolute Gasteiger partial charge is 0.329 e. The topological polar surface area (TPSA) is 75.2 Å². The Balaban J connectivity index is 2.07. The van der Waals surface area contributed by atoms with Gasteiger partial charge in [-0.05, 0) is 37.8 Å². The summed E-state index contributed by atoms with van der Waals surface area (Å²) in [7, 11) is 0. The standard InChI is InChI=1S/C17H21N3O3/c1-2-14(16(22)19-10-6-3-7-11-19)20-15(21)12-8-4-5-9-13(12)18-17(20)23/h4-5,8-9,14H,2-3,6-7,10-11H2,1H3,(H,18,23)/t14-/m1/s1. The fourth-order valence-electron chi connectivity index (χ4n) is 3.25. The minimum atomic E-state index is -0.742. The number of likely N-dealkylation sites (tertiary alicyclic amines) is 1. The maximum atomic E-state index is 12.8. The first-order chi connectivity index (χ1) is 11.1. The Labute approximate surface area is 133 Å². The average molecular weight is 315 g/mol. The number of benzene rings is 1. The molecule has 1 atom stereocenters. The number of fused-ring (bicyclic) bond motifs is 1. The maximum absolute atomic E-state index is 12.8.